The largest absolute Gasteiger partial charge is 0.361 e. The summed E-state index contributed by atoms with van der Waals surface area (Å²) in [5, 5.41) is 16.3. The van der Waals surface area contributed by atoms with Gasteiger partial charge in [0.2, 0.25) is 0 Å². The van der Waals surface area contributed by atoms with Crippen LogP contribution in [-0.4, -0.2) is 62.6 Å². The zero-order valence-electron chi connectivity index (χ0n) is 13.3. The monoisotopic (exact) mass is 313 g/mol. The fraction of sp³-hybridized carbons (Fsp3) is 0.467. The van der Waals surface area contributed by atoms with Gasteiger partial charge in [0.15, 0.2) is 5.65 Å². The van der Waals surface area contributed by atoms with Gasteiger partial charge >= 0.3 is 0 Å². The Balaban J connectivity index is 1.31. The maximum absolute atomic E-state index is 5.26. The highest BCUT2D eigenvalue weighted by Crippen LogP contribution is 2.21. The molecule has 1 aliphatic heterocycles. The molecule has 0 atom stereocenters. The molecule has 23 heavy (non-hydrogen) atoms. The number of anilines is 1. The van der Waals surface area contributed by atoms with Crippen molar-refractivity contribution >= 4 is 11.5 Å². The van der Waals surface area contributed by atoms with Crippen LogP contribution in [0.3, 0.4) is 0 Å². The van der Waals surface area contributed by atoms with E-state index in [1.807, 2.05) is 25.1 Å². The van der Waals surface area contributed by atoms with Gasteiger partial charge in [-0.05, 0) is 26.1 Å². The fourth-order valence-corrected chi connectivity index (χ4v) is 2.81. The first kappa shape index (κ1) is 14.1. The van der Waals surface area contributed by atoms with Gasteiger partial charge in [-0.1, -0.05) is 5.16 Å². The minimum atomic E-state index is 0.539. The van der Waals surface area contributed by atoms with E-state index in [1.165, 1.54) is 0 Å². The average molecular weight is 313 g/mol. The number of hydrogen-bond acceptors (Lipinski definition) is 7. The lowest BCUT2D eigenvalue weighted by atomic mass is 10.1. The summed E-state index contributed by atoms with van der Waals surface area (Å²) in [5.41, 5.74) is 1.71. The minimum absolute atomic E-state index is 0.539. The highest BCUT2D eigenvalue weighted by atomic mass is 16.5. The molecule has 0 N–H and O–H groups in total. The average Bonchev–Trinajstić information content (AvgIpc) is 3.11. The Labute approximate surface area is 133 Å². The Bertz CT molecular complexity index is 805. The zero-order valence-corrected chi connectivity index (χ0v) is 13.3. The second-order valence-corrected chi connectivity index (χ2v) is 6.05. The molecule has 120 valence electrons. The van der Waals surface area contributed by atoms with Crippen LogP contribution in [0.4, 0.5) is 5.82 Å². The van der Waals surface area contributed by atoms with Gasteiger partial charge in [-0.2, -0.15) is 4.52 Å². The van der Waals surface area contributed by atoms with E-state index in [0.717, 1.165) is 49.0 Å². The summed E-state index contributed by atoms with van der Waals surface area (Å²) in [7, 11) is 2.15. The van der Waals surface area contributed by atoms with Gasteiger partial charge in [-0.15, -0.1) is 15.3 Å². The van der Waals surface area contributed by atoms with Gasteiger partial charge in [-0.25, -0.2) is 0 Å². The molecule has 0 radical (unpaired) electrons. The molecule has 8 heteroatoms. The molecule has 1 aliphatic rings. The molecular formula is C15H19N7O. The van der Waals surface area contributed by atoms with Crippen LogP contribution in [0.15, 0.2) is 29.0 Å². The molecule has 4 rings (SSSR count). The third-order valence-electron chi connectivity index (χ3n) is 4.34. The molecule has 0 aromatic carbocycles. The quantitative estimate of drug-likeness (QED) is 0.689. The van der Waals surface area contributed by atoms with Gasteiger partial charge < -0.3 is 9.42 Å². The predicted octanol–water partition coefficient (Wildman–Crippen LogP) is 0.784. The van der Waals surface area contributed by atoms with Crippen LogP contribution >= 0.6 is 0 Å². The third-order valence-corrected chi connectivity index (χ3v) is 4.34. The number of rotatable bonds is 5. The highest BCUT2D eigenvalue weighted by Gasteiger charge is 2.31. The van der Waals surface area contributed by atoms with E-state index in [4.69, 9.17) is 4.52 Å². The first-order chi connectivity index (χ1) is 11.2. The van der Waals surface area contributed by atoms with Crippen molar-refractivity contribution in [3.05, 3.63) is 36.0 Å². The first-order valence-corrected chi connectivity index (χ1v) is 7.73. The number of hydrogen-bond donors (Lipinski definition) is 0. The Morgan fingerprint density at radius 1 is 1.35 bits per heavy atom. The normalized spacial score (nSPS) is 15.5. The van der Waals surface area contributed by atoms with E-state index in [-0.39, 0.29) is 0 Å². The molecule has 1 saturated heterocycles. The predicted molar refractivity (Wildman–Crippen MR) is 84.4 cm³/mol. The van der Waals surface area contributed by atoms with Crippen molar-refractivity contribution in [3.63, 3.8) is 0 Å². The molecule has 3 aromatic rings. The number of fused-ring (bicyclic) bond motifs is 1. The van der Waals surface area contributed by atoms with E-state index in [1.54, 1.807) is 10.8 Å². The molecular weight excluding hydrogens is 294 g/mol. The Kier molecular flexibility index (Phi) is 3.45. The van der Waals surface area contributed by atoms with Crippen LogP contribution in [-0.2, 0) is 6.42 Å². The molecule has 0 bridgehead atoms. The third kappa shape index (κ3) is 2.77. The summed E-state index contributed by atoms with van der Waals surface area (Å²) in [6.45, 7) is 4.87. The SMILES string of the molecule is Cc1cc(CCN(C)C2CN(c3ccc4nncn4n3)C2)on1. The van der Waals surface area contributed by atoms with Crippen molar-refractivity contribution < 1.29 is 4.52 Å². The van der Waals surface area contributed by atoms with Crippen LogP contribution in [0.1, 0.15) is 11.5 Å². The standard InChI is InChI=1S/C15H19N7O/c1-11-7-13(23-19-11)5-6-20(2)12-8-21(9-12)15-4-3-14-17-16-10-22(14)18-15/h3-4,7,10,12H,5-6,8-9H2,1-2H3. The summed E-state index contributed by atoms with van der Waals surface area (Å²) >= 11 is 0. The second kappa shape index (κ2) is 5.62. The summed E-state index contributed by atoms with van der Waals surface area (Å²) in [6.07, 6.45) is 2.51. The maximum atomic E-state index is 5.26. The number of likely N-dealkylation sites (N-methyl/N-ethyl adjacent to an activating group) is 1. The van der Waals surface area contributed by atoms with E-state index in [9.17, 15) is 0 Å². The van der Waals surface area contributed by atoms with Gasteiger partial charge in [-0.3, -0.25) is 4.90 Å². The molecule has 3 aromatic heterocycles. The van der Waals surface area contributed by atoms with Crippen molar-refractivity contribution in [1.29, 1.82) is 0 Å². The van der Waals surface area contributed by atoms with E-state index in [0.29, 0.717) is 6.04 Å². The van der Waals surface area contributed by atoms with Crippen molar-refractivity contribution in [1.82, 2.24) is 29.9 Å². The van der Waals surface area contributed by atoms with Crippen molar-refractivity contribution in [3.8, 4) is 0 Å². The van der Waals surface area contributed by atoms with Crippen molar-refractivity contribution in [2.45, 2.75) is 19.4 Å². The molecule has 0 unspecified atom stereocenters. The van der Waals surface area contributed by atoms with Crippen LogP contribution in [0.25, 0.3) is 5.65 Å². The number of aromatic nitrogens is 5. The van der Waals surface area contributed by atoms with Crippen LogP contribution in [0.2, 0.25) is 0 Å². The zero-order chi connectivity index (χ0) is 15.8. The summed E-state index contributed by atoms with van der Waals surface area (Å²) < 4.78 is 6.97. The Morgan fingerprint density at radius 2 is 2.22 bits per heavy atom. The molecule has 1 fully saturated rings. The topological polar surface area (TPSA) is 75.6 Å². The van der Waals surface area contributed by atoms with Crippen LogP contribution < -0.4 is 4.90 Å². The molecule has 0 saturated carbocycles. The molecule has 8 nitrogen and oxygen atoms in total. The summed E-state index contributed by atoms with van der Waals surface area (Å²) in [4.78, 5) is 4.63. The van der Waals surface area contributed by atoms with Gasteiger partial charge in [0.1, 0.15) is 17.9 Å². The smallest absolute Gasteiger partial charge is 0.177 e. The molecule has 0 amide bonds. The van der Waals surface area contributed by atoms with Gasteiger partial charge in [0, 0.05) is 38.2 Å². The van der Waals surface area contributed by atoms with Crippen molar-refractivity contribution in [2.24, 2.45) is 0 Å². The lowest BCUT2D eigenvalue weighted by molar-refractivity contribution is 0.201. The van der Waals surface area contributed by atoms with Crippen molar-refractivity contribution in [2.75, 3.05) is 31.6 Å². The number of aryl methyl sites for hydroxylation is 1. The lowest BCUT2D eigenvalue weighted by Crippen LogP contribution is -2.59. The van der Waals surface area contributed by atoms with Gasteiger partial charge in [0.25, 0.3) is 0 Å². The van der Waals surface area contributed by atoms with E-state index in [2.05, 4.69) is 37.3 Å². The second-order valence-electron chi connectivity index (χ2n) is 6.05. The Morgan fingerprint density at radius 3 is 3.00 bits per heavy atom. The minimum Gasteiger partial charge on any atom is -0.361 e. The summed E-state index contributed by atoms with van der Waals surface area (Å²) in [6, 6.07) is 6.48. The highest BCUT2D eigenvalue weighted by molar-refractivity contribution is 5.47. The fourth-order valence-electron chi connectivity index (χ4n) is 2.81. The maximum Gasteiger partial charge on any atom is 0.177 e. The summed E-state index contributed by atoms with van der Waals surface area (Å²) in [5.74, 6) is 1.91. The van der Waals surface area contributed by atoms with Crippen LogP contribution in [0, 0.1) is 6.92 Å². The Hall–Kier alpha value is -2.48. The lowest BCUT2D eigenvalue weighted by Gasteiger charge is -2.44. The van der Waals surface area contributed by atoms with Crippen LogP contribution in [0.5, 0.6) is 0 Å². The molecule has 0 aliphatic carbocycles. The van der Waals surface area contributed by atoms with E-state index >= 15 is 0 Å². The van der Waals surface area contributed by atoms with E-state index < -0.39 is 0 Å². The molecule has 4 heterocycles. The van der Waals surface area contributed by atoms with Gasteiger partial charge in [0.05, 0.1) is 5.69 Å². The first-order valence-electron chi connectivity index (χ1n) is 7.73. The molecule has 0 spiro atoms. The number of nitrogens with zero attached hydrogens (tertiary/aromatic N) is 7.